The monoisotopic (exact) mass is 388 g/mol. The van der Waals surface area contributed by atoms with E-state index in [0.29, 0.717) is 0 Å². The van der Waals surface area contributed by atoms with Crippen molar-refractivity contribution in [2.45, 2.75) is 13.0 Å². The third kappa shape index (κ3) is 2.59. The fraction of sp³-hybridized carbons (Fsp3) is 0.316. The van der Waals surface area contributed by atoms with Gasteiger partial charge in [-0.05, 0) is 19.1 Å². The zero-order valence-corrected chi connectivity index (χ0v) is 15.3. The number of hydrogen-bond acceptors (Lipinski definition) is 10. The maximum atomic E-state index is 12.7. The summed E-state index contributed by atoms with van der Waals surface area (Å²) in [6.07, 6.45) is 3.67. The predicted octanol–water partition coefficient (Wildman–Crippen LogP) is 0.705. The Bertz CT molecular complexity index is 1050. The van der Waals surface area contributed by atoms with E-state index in [1.165, 1.54) is 25.3 Å². The molecule has 1 unspecified atom stereocenters. The van der Waals surface area contributed by atoms with Crippen LogP contribution in [0.25, 0.3) is 0 Å². The van der Waals surface area contributed by atoms with Gasteiger partial charge in [0.05, 0.1) is 55.7 Å². The highest BCUT2D eigenvalue weighted by Crippen LogP contribution is 2.55. The number of nitriles is 5. The normalized spacial score (nSPS) is 20.4. The zero-order chi connectivity index (χ0) is 21.8. The summed E-state index contributed by atoms with van der Waals surface area (Å²) in [7, 11) is 1.02. The Morgan fingerprint density at radius 3 is 2.17 bits per heavy atom. The minimum atomic E-state index is -2.70. The maximum Gasteiger partial charge on any atom is 0.355 e. The van der Waals surface area contributed by atoms with Crippen LogP contribution in [0.1, 0.15) is 6.92 Å². The maximum absolute atomic E-state index is 12.7. The Morgan fingerprint density at radius 2 is 1.72 bits per heavy atom. The molecular formula is C19H12N6O4. The van der Waals surface area contributed by atoms with Gasteiger partial charge in [-0.3, -0.25) is 0 Å². The van der Waals surface area contributed by atoms with Crippen molar-refractivity contribution < 1.29 is 19.1 Å². The number of hydrogen-bond donors (Lipinski definition) is 0. The first-order valence-corrected chi connectivity index (χ1v) is 8.11. The molecule has 0 aromatic rings. The Balaban J connectivity index is 3.12. The van der Waals surface area contributed by atoms with Gasteiger partial charge in [0, 0.05) is 6.20 Å². The largest absolute Gasteiger partial charge is 0.464 e. The number of rotatable bonds is 3. The molecule has 0 aromatic heterocycles. The van der Waals surface area contributed by atoms with Gasteiger partial charge in [0.25, 0.3) is 0 Å². The van der Waals surface area contributed by atoms with E-state index >= 15 is 0 Å². The molecule has 10 heteroatoms. The van der Waals surface area contributed by atoms with Gasteiger partial charge in [-0.2, -0.15) is 26.3 Å². The van der Waals surface area contributed by atoms with Crippen LogP contribution in [0.5, 0.6) is 0 Å². The molecule has 0 N–H and O–H groups in total. The fourth-order valence-corrected chi connectivity index (χ4v) is 3.30. The average molecular weight is 388 g/mol. The standard InChI is InChI=1S/C19H12N6O4/c1-3-29-16(26)14-15(17(27)28-2)25-5-4-12(7-20)6-13(25)18(8-21,9-22)19(14,10-23)11-24/h4-6,13H,3H2,1-2H3. The molecule has 2 rings (SSSR count). The average Bonchev–Trinajstić information content (AvgIpc) is 2.76. The molecule has 0 saturated carbocycles. The molecule has 0 saturated heterocycles. The first kappa shape index (κ1) is 20.7. The third-order valence-electron chi connectivity index (χ3n) is 4.63. The highest BCUT2D eigenvalue weighted by molar-refractivity contribution is 6.03. The molecule has 0 aliphatic carbocycles. The fourth-order valence-electron chi connectivity index (χ4n) is 3.30. The third-order valence-corrected chi connectivity index (χ3v) is 4.63. The SMILES string of the molecule is CCOC(=O)C1=C(C(=O)OC)N2C=CC(C#N)=CC2C(C#N)(C#N)C1(C#N)C#N. The molecule has 0 amide bonds. The molecule has 2 heterocycles. The molecule has 0 bridgehead atoms. The van der Waals surface area contributed by atoms with Gasteiger partial charge in [-0.1, -0.05) is 0 Å². The lowest BCUT2D eigenvalue weighted by atomic mass is 9.55. The van der Waals surface area contributed by atoms with Gasteiger partial charge >= 0.3 is 11.9 Å². The highest BCUT2D eigenvalue weighted by Gasteiger charge is 2.69. The second-order valence-corrected chi connectivity index (χ2v) is 5.84. The van der Waals surface area contributed by atoms with E-state index < -0.39 is 40.1 Å². The Morgan fingerprint density at radius 1 is 1.10 bits per heavy atom. The molecule has 1 atom stereocenters. The number of esters is 2. The minimum Gasteiger partial charge on any atom is -0.464 e. The Hall–Kier alpha value is -4.59. The predicted molar refractivity (Wildman–Crippen MR) is 91.5 cm³/mol. The van der Waals surface area contributed by atoms with Gasteiger partial charge in [0.15, 0.2) is 0 Å². The lowest BCUT2D eigenvalue weighted by molar-refractivity contribution is -0.144. The number of nitrogens with zero attached hydrogens (tertiary/aromatic N) is 6. The van der Waals surface area contributed by atoms with Crippen LogP contribution in [-0.2, 0) is 19.1 Å². The van der Waals surface area contributed by atoms with E-state index in [-0.39, 0.29) is 12.2 Å². The van der Waals surface area contributed by atoms with Gasteiger partial charge < -0.3 is 14.4 Å². The van der Waals surface area contributed by atoms with E-state index in [4.69, 9.17) is 9.47 Å². The van der Waals surface area contributed by atoms with Crippen LogP contribution in [0.2, 0.25) is 0 Å². The molecule has 10 nitrogen and oxygen atoms in total. The highest BCUT2D eigenvalue weighted by atomic mass is 16.5. The van der Waals surface area contributed by atoms with Gasteiger partial charge in [-0.25, -0.2) is 9.59 Å². The minimum absolute atomic E-state index is 0.0368. The van der Waals surface area contributed by atoms with Gasteiger partial charge in [0.2, 0.25) is 10.8 Å². The lowest BCUT2D eigenvalue weighted by Crippen LogP contribution is -2.60. The van der Waals surface area contributed by atoms with E-state index in [1.807, 2.05) is 6.07 Å². The molecule has 2 aliphatic heterocycles. The van der Waals surface area contributed by atoms with E-state index in [0.717, 1.165) is 12.0 Å². The van der Waals surface area contributed by atoms with Gasteiger partial charge in [-0.15, -0.1) is 0 Å². The molecule has 142 valence electrons. The molecule has 0 radical (unpaired) electrons. The van der Waals surface area contributed by atoms with E-state index in [9.17, 15) is 35.9 Å². The van der Waals surface area contributed by atoms with Crippen LogP contribution >= 0.6 is 0 Å². The number of methoxy groups -OCH3 is 1. The zero-order valence-electron chi connectivity index (χ0n) is 15.3. The van der Waals surface area contributed by atoms with Crippen LogP contribution in [-0.4, -0.2) is 36.6 Å². The molecule has 29 heavy (non-hydrogen) atoms. The van der Waals surface area contributed by atoms with Crippen molar-refractivity contribution in [2.75, 3.05) is 13.7 Å². The summed E-state index contributed by atoms with van der Waals surface area (Å²) in [5.41, 5.74) is -6.42. The summed E-state index contributed by atoms with van der Waals surface area (Å²) in [6, 6.07) is 6.97. The van der Waals surface area contributed by atoms with Crippen molar-refractivity contribution in [3.05, 3.63) is 35.2 Å². The van der Waals surface area contributed by atoms with Crippen molar-refractivity contribution in [1.82, 2.24) is 4.90 Å². The lowest BCUT2D eigenvalue weighted by Gasteiger charge is -2.48. The van der Waals surface area contributed by atoms with E-state index in [1.54, 1.807) is 24.3 Å². The number of allylic oxidation sites excluding steroid dienone is 2. The topological polar surface area (TPSA) is 175 Å². The van der Waals surface area contributed by atoms with Crippen LogP contribution in [0, 0.1) is 67.5 Å². The van der Waals surface area contributed by atoms with Crippen LogP contribution in [0.3, 0.4) is 0 Å². The van der Waals surface area contributed by atoms with Crippen molar-refractivity contribution >= 4 is 11.9 Å². The Kier molecular flexibility index (Phi) is 5.41. The Labute approximate surface area is 166 Å². The molecule has 0 aromatic carbocycles. The number of carbonyl (C=O) groups is 2. The molecule has 2 aliphatic rings. The van der Waals surface area contributed by atoms with Crippen LogP contribution in [0.4, 0.5) is 0 Å². The van der Waals surface area contributed by atoms with Crippen molar-refractivity contribution in [2.24, 2.45) is 10.8 Å². The smallest absolute Gasteiger partial charge is 0.355 e. The number of carbonyl (C=O) groups excluding carboxylic acids is 2. The summed E-state index contributed by atoms with van der Waals surface area (Å²) in [4.78, 5) is 26.4. The summed E-state index contributed by atoms with van der Waals surface area (Å²) >= 11 is 0. The van der Waals surface area contributed by atoms with Crippen molar-refractivity contribution in [3.8, 4) is 30.3 Å². The van der Waals surface area contributed by atoms with Crippen molar-refractivity contribution in [3.63, 3.8) is 0 Å². The summed E-state index contributed by atoms with van der Waals surface area (Å²) in [5.74, 6) is -2.30. The summed E-state index contributed by atoms with van der Waals surface area (Å²) in [6.45, 7) is 1.31. The van der Waals surface area contributed by atoms with E-state index in [2.05, 4.69) is 0 Å². The first-order chi connectivity index (χ1) is 13.9. The number of fused-ring (bicyclic) bond motifs is 1. The first-order valence-electron chi connectivity index (χ1n) is 8.11. The van der Waals surface area contributed by atoms with Crippen molar-refractivity contribution in [1.29, 1.82) is 26.3 Å². The van der Waals surface area contributed by atoms with Crippen LogP contribution in [0.15, 0.2) is 35.2 Å². The molecular weight excluding hydrogens is 376 g/mol. The van der Waals surface area contributed by atoms with Gasteiger partial charge in [0.1, 0.15) is 11.3 Å². The second kappa shape index (κ2) is 7.57. The van der Waals surface area contributed by atoms with Crippen LogP contribution < -0.4 is 0 Å². The summed E-state index contributed by atoms with van der Waals surface area (Å²) in [5, 5.41) is 48.9. The molecule has 0 spiro atoms. The second-order valence-electron chi connectivity index (χ2n) is 5.84. The summed E-state index contributed by atoms with van der Waals surface area (Å²) < 4.78 is 9.64. The number of ether oxygens (including phenoxy) is 2. The quantitative estimate of drug-likeness (QED) is 0.626. The molecule has 0 fully saturated rings.